The third kappa shape index (κ3) is 75.4. The largest absolute Gasteiger partial charge is 0.472 e. The summed E-state index contributed by atoms with van der Waals surface area (Å²) in [7, 11) is -9.98. The molecule has 19 heteroatoms. The highest BCUT2D eigenvalue weighted by Crippen LogP contribution is 2.45. The van der Waals surface area contributed by atoms with Crippen LogP contribution in [0, 0.1) is 0 Å². The quantitative estimate of drug-likeness (QED) is 0.0169. The van der Waals surface area contributed by atoms with E-state index in [4.69, 9.17) is 37.0 Å². The minimum Gasteiger partial charge on any atom is -0.462 e. The van der Waals surface area contributed by atoms with E-state index in [9.17, 15) is 43.2 Å². The van der Waals surface area contributed by atoms with E-state index in [1.165, 1.54) is 64.2 Å². The second-order valence-electron chi connectivity index (χ2n) is 26.6. The number of phosphoric acid groups is 2. The number of carbonyl (C=O) groups excluding carboxylic acids is 4. The summed E-state index contributed by atoms with van der Waals surface area (Å²) in [6.45, 7) is 4.49. The van der Waals surface area contributed by atoms with Crippen LogP contribution in [-0.2, 0) is 65.4 Å². The van der Waals surface area contributed by atoms with Crippen LogP contribution in [0.4, 0.5) is 0 Å². The lowest BCUT2D eigenvalue weighted by Gasteiger charge is -2.21. The maximum Gasteiger partial charge on any atom is 0.472 e. The molecule has 0 rings (SSSR count). The Balaban J connectivity index is 5.41. The summed E-state index contributed by atoms with van der Waals surface area (Å²) in [6, 6.07) is 0. The van der Waals surface area contributed by atoms with Crippen molar-refractivity contribution in [2.45, 2.75) is 341 Å². The second-order valence-corrected chi connectivity index (χ2v) is 29.5. The van der Waals surface area contributed by atoms with Crippen molar-refractivity contribution in [3.63, 3.8) is 0 Å². The predicted octanol–water partition coefficient (Wildman–Crippen LogP) is 23.7. The maximum absolute atomic E-state index is 13.1. The molecule has 596 valence electrons. The lowest BCUT2D eigenvalue weighted by molar-refractivity contribution is -0.161. The summed E-state index contributed by atoms with van der Waals surface area (Å²) in [5.74, 6) is -2.24. The third-order valence-electron chi connectivity index (χ3n) is 16.6. The van der Waals surface area contributed by atoms with E-state index in [2.05, 4.69) is 161 Å². The molecule has 0 saturated carbocycles. The molecule has 0 aromatic rings. The molecule has 0 spiro atoms. The Morgan fingerprint density at radius 3 is 0.779 bits per heavy atom. The predicted molar refractivity (Wildman–Crippen MR) is 427 cm³/mol. The number of phosphoric ester groups is 2. The minimum atomic E-state index is -4.99. The number of ether oxygens (including phenoxy) is 4. The first kappa shape index (κ1) is 99.2. The molecule has 0 fully saturated rings. The maximum atomic E-state index is 13.1. The molecule has 0 aliphatic carbocycles. The number of hydrogen-bond donors (Lipinski definition) is 3. The highest BCUT2D eigenvalue weighted by Gasteiger charge is 2.30. The fourth-order valence-corrected chi connectivity index (χ4v) is 12.1. The summed E-state index contributed by atoms with van der Waals surface area (Å²) >= 11 is 0. The van der Waals surface area contributed by atoms with Gasteiger partial charge in [-0.1, -0.05) is 296 Å². The van der Waals surface area contributed by atoms with Gasteiger partial charge < -0.3 is 33.8 Å². The van der Waals surface area contributed by atoms with Crippen LogP contribution in [0.1, 0.15) is 323 Å². The topological polar surface area (TPSA) is 237 Å². The molecule has 0 saturated heterocycles. The van der Waals surface area contributed by atoms with Gasteiger partial charge >= 0.3 is 39.5 Å². The lowest BCUT2D eigenvalue weighted by Crippen LogP contribution is -2.30. The van der Waals surface area contributed by atoms with Gasteiger partial charge in [-0.2, -0.15) is 0 Å². The monoisotopic (exact) mass is 1500 g/mol. The van der Waals surface area contributed by atoms with Crippen LogP contribution < -0.4 is 0 Å². The molecule has 0 bridgehead atoms. The van der Waals surface area contributed by atoms with E-state index in [0.29, 0.717) is 25.7 Å². The fraction of sp³-hybridized carbons (Fsp3) is 0.694. The van der Waals surface area contributed by atoms with Crippen molar-refractivity contribution in [1.29, 1.82) is 0 Å². The second kappa shape index (κ2) is 76.4. The van der Waals surface area contributed by atoms with E-state index >= 15 is 0 Å². The number of carbonyl (C=O) groups is 4. The van der Waals surface area contributed by atoms with Gasteiger partial charge in [0.25, 0.3) is 0 Å². The number of esters is 4. The van der Waals surface area contributed by atoms with E-state index in [1.807, 2.05) is 0 Å². The van der Waals surface area contributed by atoms with Crippen molar-refractivity contribution >= 4 is 39.5 Å². The molecule has 0 heterocycles. The van der Waals surface area contributed by atoms with Crippen molar-refractivity contribution in [1.82, 2.24) is 0 Å². The molecule has 17 nitrogen and oxygen atoms in total. The third-order valence-corrected chi connectivity index (χ3v) is 18.5. The van der Waals surface area contributed by atoms with Crippen LogP contribution in [0.25, 0.3) is 0 Å². The van der Waals surface area contributed by atoms with E-state index in [-0.39, 0.29) is 25.7 Å². The molecule has 0 aromatic carbocycles. The van der Waals surface area contributed by atoms with Crippen molar-refractivity contribution in [2.24, 2.45) is 0 Å². The normalized spacial score (nSPS) is 14.6. The van der Waals surface area contributed by atoms with Gasteiger partial charge in [0.15, 0.2) is 12.2 Å². The number of rotatable bonds is 75. The van der Waals surface area contributed by atoms with E-state index < -0.39 is 97.5 Å². The Kier molecular flexibility index (Phi) is 72.9. The van der Waals surface area contributed by atoms with Gasteiger partial charge in [0.1, 0.15) is 19.3 Å². The minimum absolute atomic E-state index is 0.0645. The summed E-state index contributed by atoms with van der Waals surface area (Å²) < 4.78 is 68.6. The Hall–Kier alpha value is -4.80. The van der Waals surface area contributed by atoms with Crippen LogP contribution in [0.3, 0.4) is 0 Å². The van der Waals surface area contributed by atoms with Gasteiger partial charge in [-0.05, 0) is 135 Å². The first-order valence-corrected chi connectivity index (χ1v) is 43.4. The zero-order valence-corrected chi connectivity index (χ0v) is 66.9. The zero-order chi connectivity index (χ0) is 76.0. The van der Waals surface area contributed by atoms with Gasteiger partial charge in [-0.25, -0.2) is 9.13 Å². The Bertz CT molecular complexity index is 2490. The van der Waals surface area contributed by atoms with Gasteiger partial charge in [0.2, 0.25) is 0 Å². The van der Waals surface area contributed by atoms with Crippen molar-refractivity contribution in [3.8, 4) is 0 Å². The zero-order valence-electron chi connectivity index (χ0n) is 65.2. The summed E-state index contributed by atoms with van der Waals surface area (Å²) in [6.07, 6.45) is 85.7. The molecule has 5 atom stereocenters. The van der Waals surface area contributed by atoms with Crippen molar-refractivity contribution < 1.29 is 80.2 Å². The molecule has 0 amide bonds. The highest BCUT2D eigenvalue weighted by atomic mass is 31.2. The standard InChI is InChI=1S/C85H144O17P2/c1-5-9-13-17-21-25-29-33-37-38-39-40-44-46-50-54-58-62-66-70-83(88)96-76-81(102-85(90)72-68-64-60-56-52-48-43-36-32-28-24-20-16-12-8-4)78-100-104(93,94)98-74-79(86)73-97-103(91,92)99-77-80(101-84(89)71-67-63-59-55-51-47-42-35-31-27-23-19-15-11-7-3)75-95-82(87)69-65-61-57-53-49-45-41-34-30-26-22-18-14-10-6-2/h9-10,12-14,16,21-22,24-26,28,33-34,36-37,39-41,43,46,50,79-81,86H,5-8,11,15,17-20,23,27,29-32,35,38,42,44-45,47-49,51-78H2,1-4H3,(H,91,92)(H,93,94)/b13-9-,14-10-,16-12-,25-21-,26-22-,28-24-,37-33-,40-39-,41-34-,43-36-,50-46-. The number of unbranched alkanes of at least 4 members (excludes halogenated alkanes) is 27. The van der Waals surface area contributed by atoms with Gasteiger partial charge in [0, 0.05) is 25.7 Å². The SMILES string of the molecule is CC/C=C\C/C=C\C/C=C\C/C=C\C/C=C\CCCCCC(=O)OCC(COP(=O)(O)OCC(O)COP(=O)(O)OCC(COC(=O)CCCCCCC/C=C\C/C=C\C/C=C\CC)OC(=O)CCCCCCCCCCCCCCCCC)OC(=O)CCCCCCC/C=C\C/C=C\C/C=C\CC. The van der Waals surface area contributed by atoms with Crippen LogP contribution in [-0.4, -0.2) is 96.7 Å². The molecule has 0 aliphatic rings. The number of aliphatic hydroxyl groups excluding tert-OH is 1. The fourth-order valence-electron chi connectivity index (χ4n) is 10.6. The van der Waals surface area contributed by atoms with Crippen LogP contribution in [0.15, 0.2) is 134 Å². The Morgan fingerprint density at radius 2 is 0.500 bits per heavy atom. The van der Waals surface area contributed by atoms with Crippen molar-refractivity contribution in [2.75, 3.05) is 39.6 Å². The van der Waals surface area contributed by atoms with Crippen molar-refractivity contribution in [3.05, 3.63) is 134 Å². The number of hydrogen-bond acceptors (Lipinski definition) is 15. The van der Waals surface area contributed by atoms with E-state index in [1.54, 1.807) is 0 Å². The first-order chi connectivity index (χ1) is 50.7. The van der Waals surface area contributed by atoms with E-state index in [0.717, 1.165) is 180 Å². The molecule has 0 radical (unpaired) electrons. The Labute approximate surface area is 631 Å². The summed E-state index contributed by atoms with van der Waals surface area (Å²) in [4.78, 5) is 73.1. The molecule has 104 heavy (non-hydrogen) atoms. The molecule has 3 N–H and O–H groups in total. The van der Waals surface area contributed by atoms with Crippen LogP contribution >= 0.6 is 15.6 Å². The van der Waals surface area contributed by atoms with Gasteiger partial charge in [-0.3, -0.25) is 37.3 Å². The smallest absolute Gasteiger partial charge is 0.462 e. The average Bonchev–Trinajstić information content (AvgIpc) is 0.918. The average molecular weight is 1500 g/mol. The Morgan fingerprint density at radius 1 is 0.279 bits per heavy atom. The molecule has 5 unspecified atom stereocenters. The first-order valence-electron chi connectivity index (χ1n) is 40.4. The van der Waals surface area contributed by atoms with Crippen LogP contribution in [0.5, 0.6) is 0 Å². The summed E-state index contributed by atoms with van der Waals surface area (Å²) in [5.41, 5.74) is 0. The molecule has 0 aromatic heterocycles. The molecule has 0 aliphatic heterocycles. The molecular formula is C85H144O17P2. The number of aliphatic hydroxyl groups is 1. The molecular weight excluding hydrogens is 1350 g/mol. The highest BCUT2D eigenvalue weighted by molar-refractivity contribution is 7.47. The summed E-state index contributed by atoms with van der Waals surface area (Å²) in [5, 5.41) is 10.6. The van der Waals surface area contributed by atoms with Gasteiger partial charge in [-0.15, -0.1) is 0 Å². The lowest BCUT2D eigenvalue weighted by atomic mass is 10.0. The van der Waals surface area contributed by atoms with Gasteiger partial charge in [0.05, 0.1) is 26.4 Å². The van der Waals surface area contributed by atoms with Crippen LogP contribution in [0.2, 0.25) is 0 Å². The number of allylic oxidation sites excluding steroid dienone is 22.